The molecule has 0 saturated carbocycles. The molecule has 1 N–H and O–H groups in total. The van der Waals surface area contributed by atoms with Gasteiger partial charge < -0.3 is 14.6 Å². The largest absolute Gasteiger partial charge is 0.496 e. The number of aliphatic hydroxyl groups excluding tert-OH is 1. The standard InChI is InChI=1S/C17H19FO3/c1-4-21-14-9-8-11(2)10-12(14)17(19)16-13(18)6-5-7-15(16)20-3/h5-10,17,19H,4H2,1-3H3. The molecule has 0 spiro atoms. The molecular weight excluding hydrogens is 271 g/mol. The van der Waals surface area contributed by atoms with Crippen LogP contribution in [0, 0.1) is 12.7 Å². The van der Waals surface area contributed by atoms with Gasteiger partial charge in [0.15, 0.2) is 0 Å². The van der Waals surface area contributed by atoms with Gasteiger partial charge >= 0.3 is 0 Å². The second-order valence-corrected chi connectivity index (χ2v) is 4.73. The smallest absolute Gasteiger partial charge is 0.133 e. The Labute approximate surface area is 124 Å². The van der Waals surface area contributed by atoms with E-state index < -0.39 is 11.9 Å². The predicted molar refractivity (Wildman–Crippen MR) is 79.4 cm³/mol. The summed E-state index contributed by atoms with van der Waals surface area (Å²) in [5, 5.41) is 10.6. The van der Waals surface area contributed by atoms with Crippen molar-refractivity contribution < 1.29 is 19.0 Å². The number of hydrogen-bond acceptors (Lipinski definition) is 3. The van der Waals surface area contributed by atoms with E-state index in [9.17, 15) is 9.50 Å². The van der Waals surface area contributed by atoms with Gasteiger partial charge in [0, 0.05) is 5.56 Å². The maximum absolute atomic E-state index is 14.1. The van der Waals surface area contributed by atoms with Gasteiger partial charge in [0.1, 0.15) is 23.4 Å². The van der Waals surface area contributed by atoms with Crippen LogP contribution in [-0.2, 0) is 0 Å². The third-order valence-corrected chi connectivity index (χ3v) is 3.27. The minimum atomic E-state index is -1.15. The lowest BCUT2D eigenvalue weighted by atomic mass is 9.97. The number of rotatable bonds is 5. The minimum Gasteiger partial charge on any atom is -0.496 e. The van der Waals surface area contributed by atoms with Gasteiger partial charge in [-0.15, -0.1) is 0 Å². The first kappa shape index (κ1) is 15.3. The third kappa shape index (κ3) is 3.16. The molecule has 3 nitrogen and oxygen atoms in total. The maximum Gasteiger partial charge on any atom is 0.133 e. The van der Waals surface area contributed by atoms with Crippen molar-refractivity contribution in [3.63, 3.8) is 0 Å². The molecule has 0 aliphatic rings. The number of ether oxygens (including phenoxy) is 2. The van der Waals surface area contributed by atoms with Gasteiger partial charge in [-0.2, -0.15) is 0 Å². The molecule has 2 aromatic carbocycles. The van der Waals surface area contributed by atoms with E-state index in [-0.39, 0.29) is 5.56 Å². The van der Waals surface area contributed by atoms with Crippen LogP contribution in [0.5, 0.6) is 11.5 Å². The molecule has 0 fully saturated rings. The average molecular weight is 290 g/mol. The van der Waals surface area contributed by atoms with Crippen LogP contribution < -0.4 is 9.47 Å². The average Bonchev–Trinajstić information content (AvgIpc) is 2.48. The Morgan fingerprint density at radius 1 is 1.19 bits per heavy atom. The van der Waals surface area contributed by atoms with E-state index in [0.29, 0.717) is 23.7 Å². The van der Waals surface area contributed by atoms with Gasteiger partial charge in [0.2, 0.25) is 0 Å². The fourth-order valence-corrected chi connectivity index (χ4v) is 2.28. The number of benzene rings is 2. The molecule has 1 unspecified atom stereocenters. The van der Waals surface area contributed by atoms with E-state index in [1.54, 1.807) is 24.3 Å². The van der Waals surface area contributed by atoms with E-state index in [2.05, 4.69) is 0 Å². The SMILES string of the molecule is CCOc1ccc(C)cc1C(O)c1c(F)cccc1OC. The monoisotopic (exact) mass is 290 g/mol. The molecule has 0 bridgehead atoms. The van der Waals surface area contributed by atoms with Gasteiger partial charge in [-0.05, 0) is 38.1 Å². The second kappa shape index (κ2) is 6.59. The quantitative estimate of drug-likeness (QED) is 0.914. The van der Waals surface area contributed by atoms with Gasteiger partial charge in [-0.3, -0.25) is 0 Å². The van der Waals surface area contributed by atoms with E-state index in [1.165, 1.54) is 13.2 Å². The second-order valence-electron chi connectivity index (χ2n) is 4.73. The molecule has 0 saturated heterocycles. The van der Waals surface area contributed by atoms with Crippen molar-refractivity contribution in [2.75, 3.05) is 13.7 Å². The van der Waals surface area contributed by atoms with Gasteiger partial charge in [-0.25, -0.2) is 4.39 Å². The summed E-state index contributed by atoms with van der Waals surface area (Å²) < 4.78 is 24.8. The zero-order valence-corrected chi connectivity index (χ0v) is 12.4. The first-order valence-electron chi connectivity index (χ1n) is 6.82. The van der Waals surface area contributed by atoms with E-state index in [0.717, 1.165) is 5.56 Å². The first-order valence-corrected chi connectivity index (χ1v) is 6.82. The Morgan fingerprint density at radius 2 is 1.95 bits per heavy atom. The van der Waals surface area contributed by atoms with Gasteiger partial charge in [-0.1, -0.05) is 17.7 Å². The summed E-state index contributed by atoms with van der Waals surface area (Å²) >= 11 is 0. The molecule has 0 aliphatic carbocycles. The van der Waals surface area contributed by atoms with Crippen molar-refractivity contribution in [2.45, 2.75) is 20.0 Å². The third-order valence-electron chi connectivity index (χ3n) is 3.27. The highest BCUT2D eigenvalue weighted by molar-refractivity contribution is 5.47. The van der Waals surface area contributed by atoms with Crippen molar-refractivity contribution in [2.24, 2.45) is 0 Å². The number of methoxy groups -OCH3 is 1. The Hall–Kier alpha value is -2.07. The van der Waals surface area contributed by atoms with Crippen LogP contribution in [0.15, 0.2) is 36.4 Å². The van der Waals surface area contributed by atoms with Crippen molar-refractivity contribution in [3.05, 3.63) is 58.9 Å². The number of halogens is 1. The topological polar surface area (TPSA) is 38.7 Å². The Morgan fingerprint density at radius 3 is 2.62 bits per heavy atom. The van der Waals surface area contributed by atoms with Crippen LogP contribution in [0.25, 0.3) is 0 Å². The lowest BCUT2D eigenvalue weighted by molar-refractivity contribution is 0.201. The fraction of sp³-hybridized carbons (Fsp3) is 0.294. The zero-order valence-electron chi connectivity index (χ0n) is 12.4. The molecule has 0 aliphatic heterocycles. The molecule has 112 valence electrons. The Kier molecular flexibility index (Phi) is 4.81. The lowest BCUT2D eigenvalue weighted by Crippen LogP contribution is -2.08. The highest BCUT2D eigenvalue weighted by Crippen LogP contribution is 2.36. The summed E-state index contributed by atoms with van der Waals surface area (Å²) in [5.74, 6) is 0.346. The molecule has 0 amide bonds. The first-order chi connectivity index (χ1) is 10.1. The summed E-state index contributed by atoms with van der Waals surface area (Å²) in [6, 6.07) is 9.94. The molecule has 1 atom stereocenters. The van der Waals surface area contributed by atoms with E-state index in [1.807, 2.05) is 19.9 Å². The number of aryl methyl sites for hydroxylation is 1. The molecule has 0 radical (unpaired) electrons. The summed E-state index contributed by atoms with van der Waals surface area (Å²) in [4.78, 5) is 0. The highest BCUT2D eigenvalue weighted by atomic mass is 19.1. The van der Waals surface area contributed by atoms with Gasteiger partial charge in [0.25, 0.3) is 0 Å². The van der Waals surface area contributed by atoms with Crippen LogP contribution in [0.4, 0.5) is 4.39 Å². The summed E-state index contributed by atoms with van der Waals surface area (Å²) in [6.07, 6.45) is -1.15. The molecule has 21 heavy (non-hydrogen) atoms. The van der Waals surface area contributed by atoms with Crippen LogP contribution in [-0.4, -0.2) is 18.8 Å². The van der Waals surface area contributed by atoms with E-state index >= 15 is 0 Å². The van der Waals surface area contributed by atoms with Crippen molar-refractivity contribution in [1.29, 1.82) is 0 Å². The molecular formula is C17H19FO3. The Bertz CT molecular complexity index is 625. The normalized spacial score (nSPS) is 12.0. The predicted octanol–water partition coefficient (Wildman–Crippen LogP) is 3.62. The van der Waals surface area contributed by atoms with Crippen LogP contribution in [0.1, 0.15) is 29.7 Å². The van der Waals surface area contributed by atoms with Crippen molar-refractivity contribution in [3.8, 4) is 11.5 Å². The van der Waals surface area contributed by atoms with Crippen LogP contribution >= 0.6 is 0 Å². The summed E-state index contributed by atoms with van der Waals surface area (Å²) in [7, 11) is 1.45. The van der Waals surface area contributed by atoms with E-state index in [4.69, 9.17) is 9.47 Å². The molecule has 2 aromatic rings. The molecule has 4 heteroatoms. The van der Waals surface area contributed by atoms with Crippen LogP contribution in [0.3, 0.4) is 0 Å². The molecule has 0 heterocycles. The van der Waals surface area contributed by atoms with Gasteiger partial charge in [0.05, 0.1) is 19.3 Å². The highest BCUT2D eigenvalue weighted by Gasteiger charge is 2.23. The molecule has 2 rings (SSSR count). The number of aliphatic hydroxyl groups is 1. The molecule has 0 aromatic heterocycles. The summed E-state index contributed by atoms with van der Waals surface area (Å²) in [6.45, 7) is 4.24. The fourth-order valence-electron chi connectivity index (χ4n) is 2.28. The maximum atomic E-state index is 14.1. The zero-order chi connectivity index (χ0) is 15.4. The van der Waals surface area contributed by atoms with Crippen molar-refractivity contribution in [1.82, 2.24) is 0 Å². The minimum absolute atomic E-state index is 0.117. The summed E-state index contributed by atoms with van der Waals surface area (Å²) in [5.41, 5.74) is 1.61. The lowest BCUT2D eigenvalue weighted by Gasteiger charge is -2.19. The van der Waals surface area contributed by atoms with Crippen LogP contribution in [0.2, 0.25) is 0 Å². The number of hydrogen-bond donors (Lipinski definition) is 1. The Balaban J connectivity index is 2.54. The van der Waals surface area contributed by atoms with Crippen molar-refractivity contribution >= 4 is 0 Å².